The molecular weight excluding hydrogens is 144 g/mol. The highest BCUT2D eigenvalue weighted by atomic mass is 32.2. The molecule has 2 N–H and O–H groups in total. The van der Waals surface area contributed by atoms with Gasteiger partial charge in [0.15, 0.2) is 5.50 Å². The van der Waals surface area contributed by atoms with Gasteiger partial charge in [-0.05, 0) is 12.2 Å². The first-order valence-corrected chi connectivity index (χ1v) is 4.89. The van der Waals surface area contributed by atoms with Gasteiger partial charge in [-0.15, -0.1) is 11.8 Å². The van der Waals surface area contributed by atoms with Gasteiger partial charge >= 0.3 is 0 Å². The van der Waals surface area contributed by atoms with Gasteiger partial charge < -0.3 is 0 Å². The molecule has 1 fully saturated rings. The fraction of sp³-hybridized carbons (Fsp3) is 0.857. The average molecular weight is 159 g/mol. The van der Waals surface area contributed by atoms with Gasteiger partial charge in [0.2, 0.25) is 0 Å². The van der Waals surface area contributed by atoms with Crippen LogP contribution in [0.3, 0.4) is 0 Å². The van der Waals surface area contributed by atoms with Crippen LogP contribution in [0, 0.1) is 5.50 Å². The second kappa shape index (κ2) is 4.99. The monoisotopic (exact) mass is 159 g/mol. The smallest absolute Gasteiger partial charge is 0.159 e. The molecule has 2 nitrogen and oxygen atoms in total. The minimum Gasteiger partial charge on any atom is -0.286 e. The third-order valence-corrected chi connectivity index (χ3v) is 2.51. The maximum Gasteiger partial charge on any atom is 0.159 e. The van der Waals surface area contributed by atoms with Crippen LogP contribution < -0.4 is 10.6 Å². The van der Waals surface area contributed by atoms with Gasteiger partial charge in [-0.3, -0.25) is 10.6 Å². The molecule has 0 aromatic heterocycles. The van der Waals surface area contributed by atoms with Crippen LogP contribution in [-0.2, 0) is 0 Å². The molecule has 0 aliphatic carbocycles. The number of hydrogen-bond donors (Lipinski definition) is 2. The molecule has 0 aromatic carbocycles. The first kappa shape index (κ1) is 8.37. The normalized spacial score (nSPS) is 20.1. The van der Waals surface area contributed by atoms with Crippen molar-refractivity contribution in [3.63, 3.8) is 0 Å². The maximum atomic E-state index is 3.28. The van der Waals surface area contributed by atoms with Crippen molar-refractivity contribution >= 4 is 11.8 Å². The van der Waals surface area contributed by atoms with E-state index < -0.39 is 0 Å². The summed E-state index contributed by atoms with van der Waals surface area (Å²) in [5, 5.41) is 6.57. The van der Waals surface area contributed by atoms with Crippen molar-refractivity contribution < 1.29 is 0 Å². The van der Waals surface area contributed by atoms with E-state index in [1.165, 1.54) is 24.1 Å². The lowest BCUT2D eigenvalue weighted by atomic mass is 10.4. The van der Waals surface area contributed by atoms with Crippen LogP contribution in [0.1, 0.15) is 19.8 Å². The van der Waals surface area contributed by atoms with Gasteiger partial charge in [0.05, 0.1) is 0 Å². The van der Waals surface area contributed by atoms with Crippen LogP contribution in [0.5, 0.6) is 0 Å². The lowest BCUT2D eigenvalue weighted by Crippen LogP contribution is -2.17. The first-order chi connectivity index (χ1) is 4.93. The van der Waals surface area contributed by atoms with Crippen LogP contribution in [0.4, 0.5) is 0 Å². The predicted octanol–water partition coefficient (Wildman–Crippen LogP) is 1.16. The molecule has 1 saturated heterocycles. The summed E-state index contributed by atoms with van der Waals surface area (Å²) in [5.74, 6) is 1.24. The molecule has 1 aliphatic rings. The third-order valence-electron chi connectivity index (χ3n) is 1.44. The van der Waals surface area contributed by atoms with Gasteiger partial charge in [-0.1, -0.05) is 13.3 Å². The van der Waals surface area contributed by atoms with E-state index in [1.54, 1.807) is 0 Å². The van der Waals surface area contributed by atoms with Crippen molar-refractivity contribution in [2.75, 3.05) is 18.8 Å². The number of unbranched alkanes of at least 4 members (excludes halogenated alkanes) is 1. The molecule has 1 aliphatic heterocycles. The van der Waals surface area contributed by atoms with Crippen LogP contribution in [0.25, 0.3) is 0 Å². The number of rotatable bonds is 4. The van der Waals surface area contributed by atoms with Crippen molar-refractivity contribution in [2.24, 2.45) is 0 Å². The highest BCUT2D eigenvalue weighted by Gasteiger charge is 2.13. The van der Waals surface area contributed by atoms with E-state index in [2.05, 4.69) is 17.6 Å². The Morgan fingerprint density at radius 2 is 2.10 bits per heavy atom. The second-order valence-corrected chi connectivity index (χ2v) is 3.49. The Kier molecular flexibility index (Phi) is 4.18. The van der Waals surface area contributed by atoms with E-state index in [-0.39, 0.29) is 0 Å². The number of nitrogens with one attached hydrogen (secondary N) is 2. The second-order valence-electron chi connectivity index (χ2n) is 2.38. The van der Waals surface area contributed by atoms with Crippen LogP contribution in [-0.4, -0.2) is 18.8 Å². The zero-order valence-corrected chi connectivity index (χ0v) is 7.26. The lowest BCUT2D eigenvalue weighted by Gasteiger charge is -2.06. The zero-order valence-electron chi connectivity index (χ0n) is 6.44. The average Bonchev–Trinajstić information content (AvgIpc) is 2.41. The Balaban J connectivity index is 1.91. The largest absolute Gasteiger partial charge is 0.286 e. The van der Waals surface area contributed by atoms with Gasteiger partial charge in [-0.25, -0.2) is 0 Å². The molecule has 59 valence electrons. The summed E-state index contributed by atoms with van der Waals surface area (Å²) in [5.41, 5.74) is 1.27. The van der Waals surface area contributed by atoms with Crippen LogP contribution >= 0.6 is 11.8 Å². The molecule has 0 bridgehead atoms. The fourth-order valence-electron chi connectivity index (χ4n) is 0.835. The molecule has 1 radical (unpaired) electrons. The minimum atomic E-state index is 1.09. The SMILES string of the molecule is CCCCS[C]1NCCN1. The summed E-state index contributed by atoms with van der Waals surface area (Å²) in [6, 6.07) is 0. The molecule has 0 spiro atoms. The van der Waals surface area contributed by atoms with Crippen molar-refractivity contribution in [1.29, 1.82) is 0 Å². The van der Waals surface area contributed by atoms with Crippen LogP contribution in [0.15, 0.2) is 0 Å². The molecule has 0 amide bonds. The Labute approximate surface area is 67.1 Å². The molecule has 10 heavy (non-hydrogen) atoms. The van der Waals surface area contributed by atoms with E-state index in [9.17, 15) is 0 Å². The summed E-state index contributed by atoms with van der Waals surface area (Å²) >= 11 is 1.90. The van der Waals surface area contributed by atoms with E-state index in [0.29, 0.717) is 0 Å². The minimum absolute atomic E-state index is 1.09. The maximum absolute atomic E-state index is 3.28. The molecule has 0 aromatic rings. The van der Waals surface area contributed by atoms with Crippen molar-refractivity contribution in [3.8, 4) is 0 Å². The molecular formula is C7H15N2S. The Hall–Kier alpha value is 0.270. The summed E-state index contributed by atoms with van der Waals surface area (Å²) < 4.78 is 0. The molecule has 0 unspecified atom stereocenters. The topological polar surface area (TPSA) is 24.1 Å². The van der Waals surface area contributed by atoms with Gasteiger partial charge in [0, 0.05) is 13.1 Å². The molecule has 0 saturated carbocycles. The zero-order chi connectivity index (χ0) is 7.23. The summed E-state index contributed by atoms with van der Waals surface area (Å²) in [6.45, 7) is 4.41. The lowest BCUT2D eigenvalue weighted by molar-refractivity contribution is 0.874. The third kappa shape index (κ3) is 2.90. The molecule has 1 heterocycles. The van der Waals surface area contributed by atoms with E-state index >= 15 is 0 Å². The summed E-state index contributed by atoms with van der Waals surface area (Å²) in [4.78, 5) is 0. The molecule has 1 rings (SSSR count). The predicted molar refractivity (Wildman–Crippen MR) is 46.6 cm³/mol. The van der Waals surface area contributed by atoms with E-state index in [1.807, 2.05) is 11.8 Å². The van der Waals surface area contributed by atoms with Gasteiger partial charge in [0.25, 0.3) is 0 Å². The van der Waals surface area contributed by atoms with E-state index in [4.69, 9.17) is 0 Å². The van der Waals surface area contributed by atoms with Crippen LogP contribution in [0.2, 0.25) is 0 Å². The first-order valence-electron chi connectivity index (χ1n) is 3.91. The quantitative estimate of drug-likeness (QED) is 0.602. The number of thioether (sulfide) groups is 1. The highest BCUT2D eigenvalue weighted by molar-refractivity contribution is 8.02. The highest BCUT2D eigenvalue weighted by Crippen LogP contribution is 2.16. The molecule has 0 atom stereocenters. The summed E-state index contributed by atoms with van der Waals surface area (Å²) in [7, 11) is 0. The van der Waals surface area contributed by atoms with Crippen molar-refractivity contribution in [2.45, 2.75) is 19.8 Å². The van der Waals surface area contributed by atoms with Gasteiger partial charge in [-0.2, -0.15) is 0 Å². The standard InChI is InChI=1S/C7H15N2S/c1-2-3-6-10-7-8-4-5-9-7/h8-9H,2-6H2,1H3. The number of hydrogen-bond acceptors (Lipinski definition) is 3. The summed E-state index contributed by atoms with van der Waals surface area (Å²) in [6.07, 6.45) is 2.61. The molecule has 3 heteroatoms. The van der Waals surface area contributed by atoms with Crippen molar-refractivity contribution in [1.82, 2.24) is 10.6 Å². The Morgan fingerprint density at radius 1 is 1.40 bits per heavy atom. The fourth-order valence-corrected chi connectivity index (χ4v) is 1.88. The van der Waals surface area contributed by atoms with E-state index in [0.717, 1.165) is 13.1 Å². The van der Waals surface area contributed by atoms with Crippen molar-refractivity contribution in [3.05, 3.63) is 5.50 Å². The Bertz CT molecular complexity index is 81.7. The Morgan fingerprint density at radius 3 is 2.70 bits per heavy atom. The van der Waals surface area contributed by atoms with Gasteiger partial charge in [0.1, 0.15) is 0 Å².